The van der Waals surface area contributed by atoms with E-state index in [4.69, 9.17) is 10.5 Å². The van der Waals surface area contributed by atoms with Crippen molar-refractivity contribution in [2.75, 3.05) is 5.73 Å². The van der Waals surface area contributed by atoms with Crippen molar-refractivity contribution in [2.45, 2.75) is 13.5 Å². The van der Waals surface area contributed by atoms with Crippen molar-refractivity contribution in [3.8, 4) is 0 Å². The molecule has 3 nitrogen and oxygen atoms in total. The summed E-state index contributed by atoms with van der Waals surface area (Å²) in [5.74, 6) is -0.271. The van der Waals surface area contributed by atoms with E-state index < -0.39 is 0 Å². The van der Waals surface area contributed by atoms with E-state index in [2.05, 4.69) is 22.6 Å². The maximum absolute atomic E-state index is 10.5. The lowest BCUT2D eigenvalue weighted by Crippen LogP contribution is -2.00. The second-order valence-corrected chi connectivity index (χ2v) is 3.79. The zero-order chi connectivity index (χ0) is 9.84. The van der Waals surface area contributed by atoms with E-state index in [0.717, 1.165) is 14.8 Å². The van der Waals surface area contributed by atoms with Gasteiger partial charge in [0.25, 0.3) is 0 Å². The molecular formula is C9H10INO2. The van der Waals surface area contributed by atoms with E-state index in [1.165, 1.54) is 6.92 Å². The molecule has 4 heteroatoms. The molecule has 0 unspecified atom stereocenters. The Morgan fingerprint density at radius 2 is 2.31 bits per heavy atom. The molecule has 70 valence electrons. The summed E-state index contributed by atoms with van der Waals surface area (Å²) in [6, 6.07) is 5.50. The summed E-state index contributed by atoms with van der Waals surface area (Å²) in [5.41, 5.74) is 7.27. The second-order valence-electron chi connectivity index (χ2n) is 2.63. The van der Waals surface area contributed by atoms with Crippen LogP contribution in [0.3, 0.4) is 0 Å². The first-order valence-corrected chi connectivity index (χ1v) is 4.84. The smallest absolute Gasteiger partial charge is 0.302 e. The molecule has 0 aliphatic carbocycles. The van der Waals surface area contributed by atoms with E-state index in [0.29, 0.717) is 6.61 Å². The van der Waals surface area contributed by atoms with Crippen molar-refractivity contribution < 1.29 is 9.53 Å². The number of hydrogen-bond donors (Lipinski definition) is 1. The summed E-state index contributed by atoms with van der Waals surface area (Å²) in [6.07, 6.45) is 0. The minimum Gasteiger partial charge on any atom is -0.461 e. The lowest BCUT2D eigenvalue weighted by atomic mass is 10.2. The Balaban J connectivity index is 2.72. The van der Waals surface area contributed by atoms with Gasteiger partial charge in [-0.3, -0.25) is 4.79 Å². The van der Waals surface area contributed by atoms with Gasteiger partial charge in [0.2, 0.25) is 0 Å². The molecule has 0 aliphatic rings. The summed E-state index contributed by atoms with van der Waals surface area (Å²) < 4.78 is 5.88. The first kappa shape index (κ1) is 10.3. The topological polar surface area (TPSA) is 52.3 Å². The van der Waals surface area contributed by atoms with Gasteiger partial charge < -0.3 is 10.5 Å². The molecule has 1 rings (SSSR count). The maximum atomic E-state index is 10.5. The lowest BCUT2D eigenvalue weighted by Gasteiger charge is -2.05. The molecule has 0 radical (unpaired) electrons. The molecule has 0 amide bonds. The molecule has 0 saturated carbocycles. The number of halogens is 1. The van der Waals surface area contributed by atoms with Gasteiger partial charge in [0, 0.05) is 21.7 Å². The van der Waals surface area contributed by atoms with Crippen molar-refractivity contribution in [1.29, 1.82) is 0 Å². The van der Waals surface area contributed by atoms with Crippen LogP contribution in [0.15, 0.2) is 18.2 Å². The maximum Gasteiger partial charge on any atom is 0.302 e. The predicted octanol–water partition coefficient (Wildman–Crippen LogP) is 1.94. The summed E-state index contributed by atoms with van der Waals surface area (Å²) >= 11 is 2.16. The summed E-state index contributed by atoms with van der Waals surface area (Å²) in [7, 11) is 0. The third kappa shape index (κ3) is 3.22. The predicted molar refractivity (Wildman–Crippen MR) is 59.0 cm³/mol. The molecule has 0 fully saturated rings. The van der Waals surface area contributed by atoms with Crippen LogP contribution in [-0.4, -0.2) is 5.97 Å². The van der Waals surface area contributed by atoms with Crippen LogP contribution in [0.4, 0.5) is 5.69 Å². The fourth-order valence-electron chi connectivity index (χ4n) is 0.860. The summed E-state index contributed by atoms with van der Waals surface area (Å²) in [6.45, 7) is 1.71. The first-order valence-electron chi connectivity index (χ1n) is 3.77. The number of nitrogen functional groups attached to an aromatic ring is 1. The zero-order valence-electron chi connectivity index (χ0n) is 7.21. The van der Waals surface area contributed by atoms with Crippen LogP contribution in [0.2, 0.25) is 0 Å². The average Bonchev–Trinajstić information content (AvgIpc) is 2.02. The first-order chi connectivity index (χ1) is 6.09. The Hall–Kier alpha value is -0.780. The van der Waals surface area contributed by atoms with Gasteiger partial charge in [0.1, 0.15) is 6.61 Å². The van der Waals surface area contributed by atoms with Crippen LogP contribution in [-0.2, 0) is 16.1 Å². The monoisotopic (exact) mass is 291 g/mol. The average molecular weight is 291 g/mol. The Bertz CT molecular complexity index is 325. The number of nitrogens with two attached hydrogens (primary N) is 1. The molecule has 0 atom stereocenters. The molecule has 0 aliphatic heterocycles. The van der Waals surface area contributed by atoms with Crippen LogP contribution in [0, 0.1) is 3.57 Å². The molecule has 0 saturated heterocycles. The Labute approximate surface area is 90.4 Å². The Morgan fingerprint density at radius 1 is 1.62 bits per heavy atom. The van der Waals surface area contributed by atoms with Gasteiger partial charge in [-0.2, -0.15) is 0 Å². The summed E-state index contributed by atoms with van der Waals surface area (Å²) in [5, 5.41) is 0. The number of rotatable bonds is 2. The third-order valence-electron chi connectivity index (χ3n) is 1.51. The number of benzene rings is 1. The fourth-order valence-corrected chi connectivity index (χ4v) is 1.56. The van der Waals surface area contributed by atoms with E-state index in [9.17, 15) is 4.79 Å². The number of anilines is 1. The quantitative estimate of drug-likeness (QED) is 0.514. The highest BCUT2D eigenvalue weighted by Crippen LogP contribution is 2.16. The van der Waals surface area contributed by atoms with Crippen molar-refractivity contribution >= 4 is 34.2 Å². The zero-order valence-corrected chi connectivity index (χ0v) is 9.37. The highest BCUT2D eigenvalue weighted by molar-refractivity contribution is 14.1. The Morgan fingerprint density at radius 3 is 2.85 bits per heavy atom. The van der Waals surface area contributed by atoms with E-state index in [1.54, 1.807) is 6.07 Å². The van der Waals surface area contributed by atoms with Crippen molar-refractivity contribution in [2.24, 2.45) is 0 Å². The Kier molecular flexibility index (Phi) is 3.53. The van der Waals surface area contributed by atoms with Crippen molar-refractivity contribution in [1.82, 2.24) is 0 Å². The minimum atomic E-state index is -0.271. The fraction of sp³-hybridized carbons (Fsp3) is 0.222. The molecular weight excluding hydrogens is 281 g/mol. The third-order valence-corrected chi connectivity index (χ3v) is 2.51. The van der Waals surface area contributed by atoms with Crippen LogP contribution in [0.5, 0.6) is 0 Å². The van der Waals surface area contributed by atoms with Crippen LogP contribution >= 0.6 is 22.6 Å². The molecule has 13 heavy (non-hydrogen) atoms. The minimum absolute atomic E-state index is 0.271. The highest BCUT2D eigenvalue weighted by Gasteiger charge is 2.01. The number of ether oxygens (including phenoxy) is 1. The summed E-state index contributed by atoms with van der Waals surface area (Å²) in [4.78, 5) is 10.5. The highest BCUT2D eigenvalue weighted by atomic mass is 127. The standard InChI is InChI=1S/C9H10INO2/c1-6(12)13-5-7-2-3-8(11)4-9(7)10/h2-4H,5,11H2,1H3. The second kappa shape index (κ2) is 4.45. The molecule has 1 aromatic carbocycles. The van der Waals surface area contributed by atoms with Gasteiger partial charge in [-0.05, 0) is 34.7 Å². The van der Waals surface area contributed by atoms with Gasteiger partial charge in [-0.25, -0.2) is 0 Å². The number of hydrogen-bond acceptors (Lipinski definition) is 3. The SMILES string of the molecule is CC(=O)OCc1ccc(N)cc1I. The number of carbonyl (C=O) groups is 1. The lowest BCUT2D eigenvalue weighted by molar-refractivity contribution is -0.142. The number of carbonyl (C=O) groups excluding carboxylic acids is 1. The molecule has 2 N–H and O–H groups in total. The van der Waals surface area contributed by atoms with Crippen LogP contribution in [0.25, 0.3) is 0 Å². The molecule has 0 heterocycles. The van der Waals surface area contributed by atoms with Crippen LogP contribution < -0.4 is 5.73 Å². The van der Waals surface area contributed by atoms with E-state index in [-0.39, 0.29) is 5.97 Å². The van der Waals surface area contributed by atoms with Crippen LogP contribution in [0.1, 0.15) is 12.5 Å². The van der Waals surface area contributed by atoms with Gasteiger partial charge >= 0.3 is 5.97 Å². The molecule has 0 bridgehead atoms. The number of esters is 1. The van der Waals surface area contributed by atoms with Gasteiger partial charge in [0.15, 0.2) is 0 Å². The van der Waals surface area contributed by atoms with Crippen molar-refractivity contribution in [3.63, 3.8) is 0 Å². The molecule has 0 aromatic heterocycles. The van der Waals surface area contributed by atoms with Gasteiger partial charge in [0.05, 0.1) is 0 Å². The van der Waals surface area contributed by atoms with Gasteiger partial charge in [-0.1, -0.05) is 6.07 Å². The van der Waals surface area contributed by atoms with Crippen molar-refractivity contribution in [3.05, 3.63) is 27.3 Å². The van der Waals surface area contributed by atoms with E-state index in [1.807, 2.05) is 12.1 Å². The largest absolute Gasteiger partial charge is 0.461 e. The normalized spacial score (nSPS) is 9.69. The van der Waals surface area contributed by atoms with Gasteiger partial charge in [-0.15, -0.1) is 0 Å². The molecule has 0 spiro atoms. The molecule has 1 aromatic rings. The van der Waals surface area contributed by atoms with E-state index >= 15 is 0 Å².